The van der Waals surface area contributed by atoms with Gasteiger partial charge in [0.15, 0.2) is 0 Å². The van der Waals surface area contributed by atoms with Gasteiger partial charge in [-0.1, -0.05) is 0 Å². The molecule has 1 rings (SSSR count). The minimum Gasteiger partial charge on any atom is -0.481 e. The Hall–Kier alpha value is -0.610. The number of carboxylic acid groups (broad SMARTS) is 1. The molecule has 0 radical (unpaired) electrons. The van der Waals surface area contributed by atoms with Crippen LogP contribution in [-0.4, -0.2) is 41.4 Å². The van der Waals surface area contributed by atoms with Gasteiger partial charge in [-0.05, 0) is 20.8 Å². The van der Waals surface area contributed by atoms with E-state index in [1.165, 1.54) is 0 Å². The third-order valence-electron chi connectivity index (χ3n) is 1.99. The zero-order valence-corrected chi connectivity index (χ0v) is 8.41. The number of ether oxygens (including phenoxy) is 1. The maximum atomic E-state index is 10.5. The third-order valence-corrected chi connectivity index (χ3v) is 1.99. The predicted molar refractivity (Wildman–Crippen MR) is 48.4 cm³/mol. The summed E-state index contributed by atoms with van der Waals surface area (Å²) in [4.78, 5) is 12.5. The number of carboxylic acids is 1. The van der Waals surface area contributed by atoms with E-state index in [1.54, 1.807) is 0 Å². The highest BCUT2D eigenvalue weighted by Crippen LogP contribution is 2.17. The fraction of sp³-hybridized carbons (Fsp3) is 0.889. The van der Waals surface area contributed by atoms with Gasteiger partial charge < -0.3 is 9.84 Å². The first-order valence-corrected chi connectivity index (χ1v) is 4.47. The monoisotopic (exact) mass is 187 g/mol. The van der Waals surface area contributed by atoms with Crippen molar-refractivity contribution in [3.05, 3.63) is 0 Å². The highest BCUT2D eigenvalue weighted by molar-refractivity contribution is 5.71. The zero-order chi connectivity index (χ0) is 10.1. The first kappa shape index (κ1) is 10.5. The Labute approximate surface area is 78.5 Å². The number of rotatable bonds is 3. The van der Waals surface area contributed by atoms with Crippen molar-refractivity contribution in [3.8, 4) is 0 Å². The van der Waals surface area contributed by atoms with Gasteiger partial charge in [-0.3, -0.25) is 9.69 Å². The minimum absolute atomic E-state index is 0.145. The molecule has 0 unspecified atom stereocenters. The van der Waals surface area contributed by atoms with Crippen LogP contribution in [0.3, 0.4) is 0 Å². The first-order valence-electron chi connectivity index (χ1n) is 4.47. The molecule has 0 bridgehead atoms. The van der Waals surface area contributed by atoms with Crippen molar-refractivity contribution in [1.29, 1.82) is 0 Å². The summed E-state index contributed by atoms with van der Waals surface area (Å²) < 4.78 is 5.49. The molecule has 0 amide bonds. The second kappa shape index (κ2) is 3.64. The summed E-state index contributed by atoms with van der Waals surface area (Å²) in [6, 6.07) is 0. The van der Waals surface area contributed by atoms with Crippen molar-refractivity contribution in [2.45, 2.75) is 26.4 Å². The maximum Gasteiger partial charge on any atom is 0.309 e. The molecule has 13 heavy (non-hydrogen) atoms. The number of likely N-dealkylation sites (tertiary alicyclic amines) is 1. The lowest BCUT2D eigenvalue weighted by atomic mass is 10.0. The van der Waals surface area contributed by atoms with Crippen molar-refractivity contribution >= 4 is 5.97 Å². The SMILES string of the molecule is CC(C)(C)OCN1CC(C(=O)O)C1. The molecule has 1 N–H and O–H groups in total. The van der Waals surface area contributed by atoms with Crippen LogP contribution in [0.2, 0.25) is 0 Å². The van der Waals surface area contributed by atoms with E-state index in [0.29, 0.717) is 19.8 Å². The van der Waals surface area contributed by atoms with Gasteiger partial charge in [0.2, 0.25) is 0 Å². The summed E-state index contributed by atoms with van der Waals surface area (Å²) in [5, 5.41) is 8.61. The Bertz CT molecular complexity index is 192. The van der Waals surface area contributed by atoms with Crippen LogP contribution in [0.1, 0.15) is 20.8 Å². The van der Waals surface area contributed by atoms with Crippen molar-refractivity contribution in [2.24, 2.45) is 5.92 Å². The van der Waals surface area contributed by atoms with Crippen LogP contribution in [0.25, 0.3) is 0 Å². The molecular formula is C9H17NO3. The van der Waals surface area contributed by atoms with E-state index < -0.39 is 5.97 Å². The molecule has 1 aliphatic rings. The number of nitrogens with zero attached hydrogens (tertiary/aromatic N) is 1. The van der Waals surface area contributed by atoms with E-state index in [-0.39, 0.29) is 11.5 Å². The predicted octanol–water partition coefficient (Wildman–Crippen LogP) is 0.775. The number of aliphatic carboxylic acids is 1. The van der Waals surface area contributed by atoms with Gasteiger partial charge in [-0.15, -0.1) is 0 Å². The van der Waals surface area contributed by atoms with Gasteiger partial charge in [0.25, 0.3) is 0 Å². The molecule has 1 fully saturated rings. The lowest BCUT2D eigenvalue weighted by molar-refractivity contribution is -0.153. The van der Waals surface area contributed by atoms with Crippen LogP contribution in [0.4, 0.5) is 0 Å². The number of hydrogen-bond donors (Lipinski definition) is 1. The van der Waals surface area contributed by atoms with Crippen LogP contribution in [0.15, 0.2) is 0 Å². The molecule has 1 heterocycles. The lowest BCUT2D eigenvalue weighted by Gasteiger charge is -2.37. The first-order chi connectivity index (χ1) is 5.88. The molecule has 1 saturated heterocycles. The Balaban J connectivity index is 2.12. The van der Waals surface area contributed by atoms with Gasteiger partial charge in [0, 0.05) is 13.1 Å². The largest absolute Gasteiger partial charge is 0.481 e. The van der Waals surface area contributed by atoms with Gasteiger partial charge in [-0.2, -0.15) is 0 Å². The number of carbonyl (C=O) groups is 1. The Morgan fingerprint density at radius 3 is 2.46 bits per heavy atom. The second-order valence-corrected chi connectivity index (χ2v) is 4.46. The van der Waals surface area contributed by atoms with Gasteiger partial charge in [-0.25, -0.2) is 0 Å². The molecule has 0 aromatic heterocycles. The highest BCUT2D eigenvalue weighted by Gasteiger charge is 2.32. The second-order valence-electron chi connectivity index (χ2n) is 4.46. The molecule has 0 saturated carbocycles. The van der Waals surface area contributed by atoms with Crippen LogP contribution >= 0.6 is 0 Å². The fourth-order valence-electron chi connectivity index (χ4n) is 1.12. The van der Waals surface area contributed by atoms with Gasteiger partial charge in [0.05, 0.1) is 18.2 Å². The summed E-state index contributed by atoms with van der Waals surface area (Å²) in [5.74, 6) is -0.893. The fourth-order valence-corrected chi connectivity index (χ4v) is 1.12. The van der Waals surface area contributed by atoms with Gasteiger partial charge in [0.1, 0.15) is 0 Å². The standard InChI is InChI=1S/C9H17NO3/c1-9(2,3)13-6-10-4-7(5-10)8(11)12/h7H,4-6H2,1-3H3,(H,11,12). The van der Waals surface area contributed by atoms with Crippen molar-refractivity contribution in [2.75, 3.05) is 19.8 Å². The average Bonchev–Trinajstić information content (AvgIpc) is 1.79. The topological polar surface area (TPSA) is 49.8 Å². The Morgan fingerprint density at radius 2 is 2.08 bits per heavy atom. The van der Waals surface area contributed by atoms with Crippen LogP contribution in [-0.2, 0) is 9.53 Å². The summed E-state index contributed by atoms with van der Waals surface area (Å²) in [7, 11) is 0. The van der Waals surface area contributed by atoms with E-state index in [2.05, 4.69) is 0 Å². The Morgan fingerprint density at radius 1 is 1.54 bits per heavy atom. The zero-order valence-electron chi connectivity index (χ0n) is 8.41. The normalized spacial score (nSPS) is 19.9. The van der Waals surface area contributed by atoms with Crippen molar-refractivity contribution in [1.82, 2.24) is 4.90 Å². The maximum absolute atomic E-state index is 10.5. The molecule has 0 aromatic rings. The molecule has 0 atom stereocenters. The van der Waals surface area contributed by atoms with E-state index in [9.17, 15) is 4.79 Å². The van der Waals surface area contributed by atoms with Crippen LogP contribution in [0, 0.1) is 5.92 Å². The molecular weight excluding hydrogens is 170 g/mol. The smallest absolute Gasteiger partial charge is 0.309 e. The van der Waals surface area contributed by atoms with E-state index >= 15 is 0 Å². The minimum atomic E-state index is -0.702. The molecule has 4 nitrogen and oxygen atoms in total. The lowest BCUT2D eigenvalue weighted by Crippen LogP contribution is -2.51. The number of hydrogen-bond acceptors (Lipinski definition) is 3. The molecule has 0 aromatic carbocycles. The molecule has 0 spiro atoms. The average molecular weight is 187 g/mol. The van der Waals surface area contributed by atoms with E-state index in [1.807, 2.05) is 25.7 Å². The quantitative estimate of drug-likeness (QED) is 0.709. The van der Waals surface area contributed by atoms with Crippen molar-refractivity contribution in [3.63, 3.8) is 0 Å². The van der Waals surface area contributed by atoms with Crippen molar-refractivity contribution < 1.29 is 14.6 Å². The molecule has 4 heteroatoms. The highest BCUT2D eigenvalue weighted by atomic mass is 16.5. The summed E-state index contributed by atoms with van der Waals surface area (Å²) in [5.41, 5.74) is -0.145. The van der Waals surface area contributed by atoms with Gasteiger partial charge >= 0.3 is 5.97 Å². The Kier molecular flexibility index (Phi) is 2.93. The van der Waals surface area contributed by atoms with Crippen LogP contribution in [0.5, 0.6) is 0 Å². The molecule has 1 aliphatic heterocycles. The van der Waals surface area contributed by atoms with E-state index in [0.717, 1.165) is 0 Å². The molecule has 0 aliphatic carbocycles. The summed E-state index contributed by atoms with van der Waals surface area (Å²) >= 11 is 0. The van der Waals surface area contributed by atoms with Crippen LogP contribution < -0.4 is 0 Å². The van der Waals surface area contributed by atoms with E-state index in [4.69, 9.17) is 9.84 Å². The summed E-state index contributed by atoms with van der Waals surface area (Å²) in [6.45, 7) is 7.73. The molecule has 76 valence electrons. The summed E-state index contributed by atoms with van der Waals surface area (Å²) in [6.07, 6.45) is 0. The third kappa shape index (κ3) is 3.32.